The quantitative estimate of drug-likeness (QED) is 0.479. The van der Waals surface area contributed by atoms with Crippen molar-refractivity contribution in [2.75, 3.05) is 5.33 Å². The molecule has 0 fully saturated rings. The minimum absolute atomic E-state index is 0.252. The highest BCUT2D eigenvalue weighted by molar-refractivity contribution is 9.09. The highest BCUT2D eigenvalue weighted by Crippen LogP contribution is 2.44. The minimum atomic E-state index is -1.78. The zero-order valence-electron chi connectivity index (χ0n) is 13.1. The Morgan fingerprint density at radius 2 is 1.68 bits per heavy atom. The van der Waals surface area contributed by atoms with E-state index in [2.05, 4.69) is 81.0 Å². The van der Waals surface area contributed by atoms with Gasteiger partial charge in [0.15, 0.2) is 0 Å². The van der Waals surface area contributed by atoms with Gasteiger partial charge < -0.3 is 4.43 Å². The van der Waals surface area contributed by atoms with Crippen LogP contribution in [-0.2, 0) is 6.42 Å². The van der Waals surface area contributed by atoms with Gasteiger partial charge in [-0.2, -0.15) is 0 Å². The molecule has 0 radical (unpaired) electrons. The Bertz CT molecular complexity index is 396. The topological polar surface area (TPSA) is 9.23 Å². The van der Waals surface area contributed by atoms with Crippen LogP contribution in [0, 0.1) is 5.92 Å². The van der Waals surface area contributed by atoms with Gasteiger partial charge in [0.25, 0.3) is 8.32 Å². The summed E-state index contributed by atoms with van der Waals surface area (Å²) < 4.78 is 6.39. The van der Waals surface area contributed by atoms with E-state index in [1.807, 2.05) is 0 Å². The highest BCUT2D eigenvalue weighted by atomic mass is 79.9. The van der Waals surface area contributed by atoms with Crippen LogP contribution in [0.1, 0.15) is 33.3 Å². The van der Waals surface area contributed by atoms with Gasteiger partial charge >= 0.3 is 0 Å². The van der Waals surface area contributed by atoms with Crippen LogP contribution in [-0.4, -0.2) is 13.6 Å². The first kappa shape index (κ1) is 16.8. The number of halogens is 1. The van der Waals surface area contributed by atoms with Crippen LogP contribution in [0.3, 0.4) is 0 Å². The van der Waals surface area contributed by atoms with Crippen molar-refractivity contribution in [2.24, 2.45) is 5.92 Å². The molecule has 3 heteroatoms. The molecule has 1 rings (SSSR count). The van der Waals surface area contributed by atoms with E-state index in [4.69, 9.17) is 4.43 Å². The molecule has 1 nitrogen and oxygen atoms in total. The summed E-state index contributed by atoms with van der Waals surface area (Å²) in [6, 6.07) is 8.57. The van der Waals surface area contributed by atoms with Crippen LogP contribution in [0.15, 0.2) is 24.3 Å². The highest BCUT2D eigenvalue weighted by Gasteiger charge is 2.44. The molecule has 0 aliphatic heterocycles. The first-order valence-corrected chi connectivity index (χ1v) is 11.1. The summed E-state index contributed by atoms with van der Waals surface area (Å²) in [4.78, 5) is 0. The Morgan fingerprint density at radius 1 is 1.16 bits per heavy atom. The lowest BCUT2D eigenvalue weighted by molar-refractivity contribution is 0.393. The molecule has 0 aromatic heterocycles. The van der Waals surface area contributed by atoms with Crippen molar-refractivity contribution in [3.8, 4) is 5.75 Å². The molecule has 108 valence electrons. The van der Waals surface area contributed by atoms with Crippen molar-refractivity contribution >= 4 is 24.2 Å². The fourth-order valence-corrected chi connectivity index (χ4v) is 4.79. The zero-order chi connectivity index (χ0) is 14.7. The van der Waals surface area contributed by atoms with Gasteiger partial charge in [0, 0.05) is 5.33 Å². The second kappa shape index (κ2) is 6.44. The van der Waals surface area contributed by atoms with Gasteiger partial charge in [0.1, 0.15) is 5.75 Å². The van der Waals surface area contributed by atoms with E-state index in [0.29, 0.717) is 5.92 Å². The van der Waals surface area contributed by atoms with Crippen LogP contribution in [0.2, 0.25) is 18.1 Å². The van der Waals surface area contributed by atoms with E-state index < -0.39 is 8.32 Å². The van der Waals surface area contributed by atoms with Crippen molar-refractivity contribution < 1.29 is 4.43 Å². The lowest BCUT2D eigenvalue weighted by atomic mass is 9.99. The Hall–Kier alpha value is -0.283. The van der Waals surface area contributed by atoms with Crippen LogP contribution in [0.25, 0.3) is 0 Å². The molecule has 0 saturated heterocycles. The number of hydrogen-bond donors (Lipinski definition) is 0. The average Bonchev–Trinajstić information content (AvgIpc) is 2.31. The fourth-order valence-electron chi connectivity index (χ4n) is 1.95. The van der Waals surface area contributed by atoms with Gasteiger partial charge in [-0.15, -0.1) is 0 Å². The second-order valence-corrected chi connectivity index (χ2v) is 11.9. The van der Waals surface area contributed by atoms with Crippen molar-refractivity contribution in [3.63, 3.8) is 0 Å². The number of alkyl halides is 1. The van der Waals surface area contributed by atoms with Crippen molar-refractivity contribution in [1.82, 2.24) is 0 Å². The molecule has 0 bridgehead atoms. The van der Waals surface area contributed by atoms with Crippen LogP contribution < -0.4 is 4.43 Å². The predicted molar refractivity (Wildman–Crippen MR) is 90.9 cm³/mol. The third-order valence-corrected chi connectivity index (χ3v) is 9.50. The first-order chi connectivity index (χ1) is 8.70. The predicted octanol–water partition coefficient (Wildman–Crippen LogP) is 5.64. The average molecular weight is 343 g/mol. The third kappa shape index (κ3) is 4.09. The monoisotopic (exact) mass is 342 g/mol. The zero-order valence-corrected chi connectivity index (χ0v) is 15.7. The van der Waals surface area contributed by atoms with Crippen molar-refractivity contribution in [1.29, 1.82) is 0 Å². The SMILES string of the molecule is CC(C)C(C)(C)[Si](C)(C)Oc1ccc(CCBr)cc1. The number of benzene rings is 1. The largest absolute Gasteiger partial charge is 0.543 e. The molecule has 0 atom stereocenters. The van der Waals surface area contributed by atoms with Crippen LogP contribution >= 0.6 is 15.9 Å². The Kier molecular flexibility index (Phi) is 5.69. The molecule has 0 heterocycles. The summed E-state index contributed by atoms with van der Waals surface area (Å²) in [7, 11) is -1.78. The van der Waals surface area contributed by atoms with E-state index >= 15 is 0 Å². The Morgan fingerprint density at radius 3 is 2.11 bits per heavy atom. The van der Waals surface area contributed by atoms with Crippen LogP contribution in [0.5, 0.6) is 5.75 Å². The molecule has 0 N–H and O–H groups in total. The maximum Gasteiger partial charge on any atom is 0.251 e. The molecule has 0 unspecified atom stereocenters. The number of aryl methyl sites for hydroxylation is 1. The second-order valence-electron chi connectivity index (χ2n) is 6.57. The molecule has 0 aliphatic carbocycles. The van der Waals surface area contributed by atoms with E-state index in [1.165, 1.54) is 5.56 Å². The summed E-state index contributed by atoms with van der Waals surface area (Å²) >= 11 is 3.47. The summed E-state index contributed by atoms with van der Waals surface area (Å²) in [5, 5.41) is 1.26. The molecular weight excluding hydrogens is 316 g/mol. The van der Waals surface area contributed by atoms with Gasteiger partial charge in [0.05, 0.1) is 0 Å². The molecule has 0 spiro atoms. The molecule has 0 amide bonds. The maximum absolute atomic E-state index is 6.39. The molecule has 19 heavy (non-hydrogen) atoms. The van der Waals surface area contributed by atoms with Gasteiger partial charge in [-0.3, -0.25) is 0 Å². The molecule has 1 aromatic carbocycles. The maximum atomic E-state index is 6.39. The van der Waals surface area contributed by atoms with E-state index in [0.717, 1.165) is 17.5 Å². The third-order valence-electron chi connectivity index (χ3n) is 4.67. The Labute approximate surface area is 128 Å². The minimum Gasteiger partial charge on any atom is -0.543 e. The van der Waals surface area contributed by atoms with Crippen molar-refractivity contribution in [3.05, 3.63) is 29.8 Å². The summed E-state index contributed by atoms with van der Waals surface area (Å²) in [6.07, 6.45) is 1.07. The van der Waals surface area contributed by atoms with Gasteiger partial charge in [-0.25, -0.2) is 0 Å². The van der Waals surface area contributed by atoms with Gasteiger partial charge in [-0.05, 0) is 48.2 Å². The summed E-state index contributed by atoms with van der Waals surface area (Å²) in [5.74, 6) is 1.64. The standard InChI is InChI=1S/C16H27BrOSi/c1-13(2)16(3,4)19(5,6)18-15-9-7-14(8-10-15)11-12-17/h7-10,13H,11-12H2,1-6H3. The van der Waals surface area contributed by atoms with E-state index in [-0.39, 0.29) is 5.04 Å². The molecular formula is C16H27BrOSi. The smallest absolute Gasteiger partial charge is 0.251 e. The fraction of sp³-hybridized carbons (Fsp3) is 0.625. The lowest BCUT2D eigenvalue weighted by Gasteiger charge is -2.42. The molecule has 0 saturated carbocycles. The number of rotatable bonds is 6. The van der Waals surface area contributed by atoms with Crippen molar-refractivity contribution in [2.45, 2.75) is 52.2 Å². The summed E-state index contributed by atoms with van der Waals surface area (Å²) in [6.45, 7) is 13.9. The number of hydrogen-bond acceptors (Lipinski definition) is 1. The van der Waals surface area contributed by atoms with E-state index in [1.54, 1.807) is 0 Å². The van der Waals surface area contributed by atoms with Crippen LogP contribution in [0.4, 0.5) is 0 Å². The van der Waals surface area contributed by atoms with Gasteiger partial charge in [0.2, 0.25) is 0 Å². The Balaban J connectivity index is 2.83. The summed E-state index contributed by atoms with van der Waals surface area (Å²) in [5.41, 5.74) is 1.35. The van der Waals surface area contributed by atoms with Gasteiger partial charge in [-0.1, -0.05) is 55.8 Å². The normalized spacial score (nSPS) is 12.8. The lowest BCUT2D eigenvalue weighted by Crippen LogP contribution is -2.47. The molecule has 1 aromatic rings. The van der Waals surface area contributed by atoms with E-state index in [9.17, 15) is 0 Å². The molecule has 0 aliphatic rings. The first-order valence-electron chi connectivity index (χ1n) is 7.04.